The quantitative estimate of drug-likeness (QED) is 0.123. The molecule has 0 rings (SSSR count). The highest BCUT2D eigenvalue weighted by Gasteiger charge is 2.02. The van der Waals surface area contributed by atoms with Crippen LogP contribution in [0.25, 0.3) is 0 Å². The third kappa shape index (κ3) is 29.1. The van der Waals surface area contributed by atoms with Crippen LogP contribution in [-0.2, 0) is 38.0 Å². The maximum atomic E-state index is 11.8. The summed E-state index contributed by atoms with van der Waals surface area (Å²) < 4.78 is 48.7. The molecule has 0 aliphatic rings. The average molecular weight is 483 g/mol. The first-order valence-corrected chi connectivity index (χ1v) is 12.5. The Balaban J connectivity index is 3.10. The summed E-state index contributed by atoms with van der Waals surface area (Å²) in [5.41, 5.74) is 0. The molecule has 0 saturated heterocycles. The lowest BCUT2D eigenvalue weighted by Crippen LogP contribution is -2.15. The Labute approximate surface area is 199 Å². The van der Waals surface area contributed by atoms with Gasteiger partial charge in [-0.2, -0.15) is 0 Å². The SMILES string of the molecule is CCCCCCCCCC(=O)OCCOCCOCCOCCOCCOCCOCCF. The molecule has 0 bridgehead atoms. The zero-order chi connectivity index (χ0) is 24.1. The molecule has 0 radical (unpaired) electrons. The van der Waals surface area contributed by atoms with Crippen LogP contribution in [0.2, 0.25) is 0 Å². The van der Waals surface area contributed by atoms with Gasteiger partial charge in [0.1, 0.15) is 13.3 Å². The molecule has 0 aromatic carbocycles. The molecular formula is C24H47FO8. The van der Waals surface area contributed by atoms with Gasteiger partial charge in [-0.3, -0.25) is 4.79 Å². The molecule has 33 heavy (non-hydrogen) atoms. The number of esters is 1. The second kappa shape index (κ2) is 29.2. The predicted octanol–water partition coefficient (Wildman–Crippen LogP) is 3.74. The van der Waals surface area contributed by atoms with E-state index in [4.69, 9.17) is 33.2 Å². The van der Waals surface area contributed by atoms with Crippen LogP contribution in [0, 0.1) is 0 Å². The molecule has 0 heterocycles. The van der Waals surface area contributed by atoms with Crippen molar-refractivity contribution in [3.05, 3.63) is 0 Å². The van der Waals surface area contributed by atoms with Crippen LogP contribution in [0.4, 0.5) is 4.39 Å². The number of carbonyl (C=O) groups excluding carboxylic acids is 1. The maximum absolute atomic E-state index is 11.8. The molecule has 0 N–H and O–H groups in total. The van der Waals surface area contributed by atoms with E-state index in [1.54, 1.807) is 0 Å². The van der Waals surface area contributed by atoms with E-state index in [2.05, 4.69) is 6.92 Å². The summed E-state index contributed by atoms with van der Waals surface area (Å²) in [6.45, 7) is 7.19. The van der Waals surface area contributed by atoms with Crippen molar-refractivity contribution in [2.24, 2.45) is 0 Å². The Bertz CT molecular complexity index is 387. The third-order valence-corrected chi connectivity index (χ3v) is 4.56. The molecule has 0 spiro atoms. The summed E-state index contributed by atoms with van der Waals surface area (Å²) in [6, 6.07) is 0. The number of hydrogen-bond acceptors (Lipinski definition) is 8. The lowest BCUT2D eigenvalue weighted by molar-refractivity contribution is -0.145. The minimum atomic E-state index is -0.472. The first kappa shape index (κ1) is 32.2. The molecular weight excluding hydrogens is 435 g/mol. The molecule has 0 amide bonds. The Morgan fingerprint density at radius 3 is 1.30 bits per heavy atom. The molecule has 0 unspecified atom stereocenters. The summed E-state index contributed by atoms with van der Waals surface area (Å²) in [5.74, 6) is -0.142. The second-order valence-electron chi connectivity index (χ2n) is 7.46. The van der Waals surface area contributed by atoms with Crippen LogP contribution in [-0.4, -0.2) is 98.5 Å². The van der Waals surface area contributed by atoms with Crippen LogP contribution in [0.5, 0.6) is 0 Å². The molecule has 0 atom stereocenters. The number of rotatable bonds is 28. The molecule has 0 fully saturated rings. The number of ether oxygens (including phenoxy) is 7. The number of carbonyl (C=O) groups is 1. The number of halogens is 1. The summed E-state index contributed by atoms with van der Waals surface area (Å²) in [7, 11) is 0. The highest BCUT2D eigenvalue weighted by molar-refractivity contribution is 5.69. The van der Waals surface area contributed by atoms with E-state index in [1.807, 2.05) is 0 Å². The molecule has 198 valence electrons. The lowest BCUT2D eigenvalue weighted by Gasteiger charge is -2.08. The standard InChI is InChI=1S/C24H47FO8/c1-2-3-4-5-6-7-8-9-24(26)33-23-22-32-21-20-31-19-18-30-17-16-29-15-14-28-13-12-27-11-10-25/h2-23H2,1H3. The zero-order valence-electron chi connectivity index (χ0n) is 20.7. The van der Waals surface area contributed by atoms with Gasteiger partial charge in [0.25, 0.3) is 0 Å². The highest BCUT2D eigenvalue weighted by atomic mass is 19.1. The van der Waals surface area contributed by atoms with E-state index in [9.17, 15) is 9.18 Å². The first-order valence-electron chi connectivity index (χ1n) is 12.5. The van der Waals surface area contributed by atoms with Crippen molar-refractivity contribution in [1.82, 2.24) is 0 Å². The molecule has 0 aliphatic carbocycles. The fraction of sp³-hybridized carbons (Fsp3) is 0.958. The van der Waals surface area contributed by atoms with E-state index >= 15 is 0 Å². The Kier molecular flexibility index (Phi) is 28.4. The minimum Gasteiger partial charge on any atom is -0.463 e. The van der Waals surface area contributed by atoms with Crippen molar-refractivity contribution < 1.29 is 42.3 Å². The van der Waals surface area contributed by atoms with Gasteiger partial charge in [0.15, 0.2) is 0 Å². The number of unbranched alkanes of at least 4 members (excludes halogenated alkanes) is 6. The molecule has 0 aromatic rings. The molecule has 0 aliphatic heterocycles. The van der Waals surface area contributed by atoms with Crippen LogP contribution < -0.4 is 0 Å². The minimum absolute atomic E-state index is 0.116. The Morgan fingerprint density at radius 1 is 0.515 bits per heavy atom. The van der Waals surface area contributed by atoms with Gasteiger partial charge in [0.05, 0.1) is 79.3 Å². The molecule has 0 aromatic heterocycles. The van der Waals surface area contributed by atoms with Crippen molar-refractivity contribution in [3.8, 4) is 0 Å². The second-order valence-corrected chi connectivity index (χ2v) is 7.46. The predicted molar refractivity (Wildman–Crippen MR) is 124 cm³/mol. The van der Waals surface area contributed by atoms with Gasteiger partial charge >= 0.3 is 5.97 Å². The van der Waals surface area contributed by atoms with E-state index in [0.29, 0.717) is 79.1 Å². The van der Waals surface area contributed by atoms with Crippen LogP contribution in [0.15, 0.2) is 0 Å². The summed E-state index contributed by atoms with van der Waals surface area (Å²) in [5, 5.41) is 0. The summed E-state index contributed by atoms with van der Waals surface area (Å²) in [6.07, 6.45) is 8.81. The van der Waals surface area contributed by atoms with Crippen molar-refractivity contribution in [1.29, 1.82) is 0 Å². The van der Waals surface area contributed by atoms with Gasteiger partial charge in [-0.1, -0.05) is 45.4 Å². The largest absolute Gasteiger partial charge is 0.463 e. The van der Waals surface area contributed by atoms with Crippen molar-refractivity contribution in [2.75, 3.05) is 92.6 Å². The van der Waals surface area contributed by atoms with E-state index < -0.39 is 6.67 Å². The molecule has 9 heteroatoms. The van der Waals surface area contributed by atoms with Crippen molar-refractivity contribution in [2.45, 2.75) is 58.3 Å². The van der Waals surface area contributed by atoms with Gasteiger partial charge in [0.2, 0.25) is 0 Å². The van der Waals surface area contributed by atoms with Crippen molar-refractivity contribution >= 4 is 5.97 Å². The highest BCUT2D eigenvalue weighted by Crippen LogP contribution is 2.08. The van der Waals surface area contributed by atoms with Crippen LogP contribution >= 0.6 is 0 Å². The first-order chi connectivity index (χ1) is 16.3. The van der Waals surface area contributed by atoms with Gasteiger partial charge in [-0.15, -0.1) is 0 Å². The topological polar surface area (TPSA) is 81.7 Å². The van der Waals surface area contributed by atoms with Gasteiger partial charge in [0, 0.05) is 6.42 Å². The van der Waals surface area contributed by atoms with Crippen LogP contribution in [0.1, 0.15) is 58.3 Å². The lowest BCUT2D eigenvalue weighted by atomic mass is 10.1. The smallest absolute Gasteiger partial charge is 0.305 e. The Morgan fingerprint density at radius 2 is 0.879 bits per heavy atom. The molecule has 8 nitrogen and oxygen atoms in total. The fourth-order valence-corrected chi connectivity index (χ4v) is 2.77. The van der Waals surface area contributed by atoms with Crippen LogP contribution in [0.3, 0.4) is 0 Å². The third-order valence-electron chi connectivity index (χ3n) is 4.56. The Hall–Kier alpha value is -0.840. The average Bonchev–Trinajstić information content (AvgIpc) is 2.82. The monoisotopic (exact) mass is 482 g/mol. The summed E-state index contributed by atoms with van der Waals surface area (Å²) >= 11 is 0. The number of hydrogen-bond donors (Lipinski definition) is 0. The van der Waals surface area contributed by atoms with Gasteiger partial charge < -0.3 is 33.2 Å². The number of alkyl halides is 1. The molecule has 0 saturated carbocycles. The normalized spacial score (nSPS) is 11.2. The summed E-state index contributed by atoms with van der Waals surface area (Å²) in [4.78, 5) is 11.6. The van der Waals surface area contributed by atoms with Crippen molar-refractivity contribution in [3.63, 3.8) is 0 Å². The maximum Gasteiger partial charge on any atom is 0.305 e. The van der Waals surface area contributed by atoms with E-state index in [0.717, 1.165) is 12.8 Å². The van der Waals surface area contributed by atoms with Gasteiger partial charge in [-0.25, -0.2) is 4.39 Å². The van der Waals surface area contributed by atoms with Gasteiger partial charge in [-0.05, 0) is 6.42 Å². The zero-order valence-corrected chi connectivity index (χ0v) is 20.7. The van der Waals surface area contributed by atoms with E-state index in [1.165, 1.54) is 32.1 Å². The fourth-order valence-electron chi connectivity index (χ4n) is 2.77. The van der Waals surface area contributed by atoms with E-state index in [-0.39, 0.29) is 19.2 Å².